The smallest absolute Gasteiger partial charge is 0.315 e. The number of carbonyl (C=O) groups is 1. The Morgan fingerprint density at radius 3 is 2.96 bits per heavy atom. The van der Waals surface area contributed by atoms with Crippen molar-refractivity contribution in [3.63, 3.8) is 0 Å². The maximum atomic E-state index is 12.3. The summed E-state index contributed by atoms with van der Waals surface area (Å²) in [6, 6.07) is 9.96. The number of rotatable bonds is 4. The molecular formula is C19H24N4O2. The van der Waals surface area contributed by atoms with Gasteiger partial charge in [-0.1, -0.05) is 32.0 Å². The Morgan fingerprint density at radius 1 is 1.36 bits per heavy atom. The van der Waals surface area contributed by atoms with Gasteiger partial charge in [-0.15, -0.1) is 0 Å². The van der Waals surface area contributed by atoms with Gasteiger partial charge in [0.2, 0.25) is 0 Å². The number of urea groups is 1. The van der Waals surface area contributed by atoms with Gasteiger partial charge in [-0.05, 0) is 18.6 Å². The average molecular weight is 340 g/mol. The predicted molar refractivity (Wildman–Crippen MR) is 94.4 cm³/mol. The van der Waals surface area contributed by atoms with Crippen LogP contribution in [-0.4, -0.2) is 34.6 Å². The van der Waals surface area contributed by atoms with E-state index in [0.29, 0.717) is 12.5 Å². The van der Waals surface area contributed by atoms with E-state index in [9.17, 15) is 4.79 Å². The molecule has 2 N–H and O–H groups in total. The van der Waals surface area contributed by atoms with E-state index in [1.54, 1.807) is 6.20 Å². The number of hydrogen-bond acceptors (Lipinski definition) is 3. The third-order valence-electron chi connectivity index (χ3n) is 5.50. The normalized spacial score (nSPS) is 26.6. The Kier molecular flexibility index (Phi) is 4.00. The molecule has 1 aliphatic heterocycles. The number of aromatic nitrogens is 2. The summed E-state index contributed by atoms with van der Waals surface area (Å²) in [4.78, 5) is 12.3. The van der Waals surface area contributed by atoms with Crippen LogP contribution in [0.15, 0.2) is 42.7 Å². The van der Waals surface area contributed by atoms with Crippen LogP contribution < -0.4 is 10.6 Å². The number of benzene rings is 1. The molecular weight excluding hydrogens is 316 g/mol. The maximum absolute atomic E-state index is 12.3. The first-order chi connectivity index (χ1) is 12.1. The fourth-order valence-corrected chi connectivity index (χ4v) is 4.17. The fourth-order valence-electron chi connectivity index (χ4n) is 4.17. The summed E-state index contributed by atoms with van der Waals surface area (Å²) >= 11 is 0. The van der Waals surface area contributed by atoms with Crippen molar-refractivity contribution in [1.29, 1.82) is 0 Å². The maximum Gasteiger partial charge on any atom is 0.315 e. The number of hydrogen-bond donors (Lipinski definition) is 2. The van der Waals surface area contributed by atoms with Crippen molar-refractivity contribution in [3.8, 4) is 5.69 Å². The summed E-state index contributed by atoms with van der Waals surface area (Å²) in [7, 11) is 0. The highest BCUT2D eigenvalue weighted by molar-refractivity contribution is 5.74. The van der Waals surface area contributed by atoms with Crippen LogP contribution in [0.4, 0.5) is 4.79 Å². The zero-order valence-electron chi connectivity index (χ0n) is 14.6. The molecule has 1 aromatic heterocycles. The molecule has 132 valence electrons. The molecule has 1 aromatic carbocycles. The zero-order chi connectivity index (χ0) is 17.4. The van der Waals surface area contributed by atoms with Gasteiger partial charge in [-0.25, -0.2) is 9.48 Å². The minimum Gasteiger partial charge on any atom is -0.377 e. The van der Waals surface area contributed by atoms with Crippen LogP contribution in [0, 0.1) is 11.3 Å². The molecule has 1 aliphatic carbocycles. The summed E-state index contributed by atoms with van der Waals surface area (Å²) in [5, 5.41) is 10.4. The second kappa shape index (κ2) is 6.19. The molecule has 4 rings (SSSR count). The van der Waals surface area contributed by atoms with Crippen molar-refractivity contribution in [2.75, 3.05) is 6.61 Å². The lowest BCUT2D eigenvalue weighted by molar-refractivity contribution is -0.108. The molecule has 25 heavy (non-hydrogen) atoms. The molecule has 0 unspecified atom stereocenters. The molecule has 2 fully saturated rings. The first-order valence-corrected chi connectivity index (χ1v) is 8.80. The fraction of sp³-hybridized carbons (Fsp3) is 0.474. The van der Waals surface area contributed by atoms with E-state index in [2.05, 4.69) is 29.6 Å². The van der Waals surface area contributed by atoms with E-state index in [1.165, 1.54) is 0 Å². The molecule has 1 saturated carbocycles. The number of ether oxygens (including phenoxy) is 1. The van der Waals surface area contributed by atoms with Crippen molar-refractivity contribution in [2.45, 2.75) is 39.0 Å². The van der Waals surface area contributed by atoms with E-state index < -0.39 is 0 Å². The number of carbonyl (C=O) groups excluding carboxylic acids is 1. The highest BCUT2D eigenvalue weighted by Crippen LogP contribution is 2.52. The highest BCUT2D eigenvalue weighted by atomic mass is 16.5. The quantitative estimate of drug-likeness (QED) is 0.898. The summed E-state index contributed by atoms with van der Waals surface area (Å²) in [5.74, 6) is 0.446. The van der Waals surface area contributed by atoms with Crippen LogP contribution in [0.5, 0.6) is 0 Å². The number of fused-ring (bicyclic) bond motifs is 1. The predicted octanol–water partition coefficient (Wildman–Crippen LogP) is 2.49. The number of nitrogens with one attached hydrogen (secondary N) is 2. The van der Waals surface area contributed by atoms with Gasteiger partial charge in [0.25, 0.3) is 0 Å². The third-order valence-corrected chi connectivity index (χ3v) is 5.50. The largest absolute Gasteiger partial charge is 0.377 e. The summed E-state index contributed by atoms with van der Waals surface area (Å²) < 4.78 is 7.58. The van der Waals surface area contributed by atoms with Gasteiger partial charge in [0, 0.05) is 42.3 Å². The molecule has 0 spiro atoms. The van der Waals surface area contributed by atoms with Crippen LogP contribution in [0.3, 0.4) is 0 Å². The van der Waals surface area contributed by atoms with E-state index in [4.69, 9.17) is 4.74 Å². The van der Waals surface area contributed by atoms with Crippen LogP contribution in [-0.2, 0) is 11.3 Å². The van der Waals surface area contributed by atoms with Gasteiger partial charge >= 0.3 is 6.03 Å². The summed E-state index contributed by atoms with van der Waals surface area (Å²) in [6.45, 7) is 5.58. The lowest BCUT2D eigenvalue weighted by Gasteiger charge is -2.54. The van der Waals surface area contributed by atoms with Gasteiger partial charge in [-0.3, -0.25) is 0 Å². The molecule has 2 aromatic rings. The van der Waals surface area contributed by atoms with Crippen LogP contribution in [0.1, 0.15) is 25.8 Å². The van der Waals surface area contributed by atoms with Gasteiger partial charge < -0.3 is 15.4 Å². The van der Waals surface area contributed by atoms with E-state index >= 15 is 0 Å². The van der Waals surface area contributed by atoms with Crippen molar-refractivity contribution in [1.82, 2.24) is 20.4 Å². The highest BCUT2D eigenvalue weighted by Gasteiger charge is 2.59. The Hall–Kier alpha value is -2.34. The first kappa shape index (κ1) is 16.1. The Labute approximate surface area is 147 Å². The van der Waals surface area contributed by atoms with Gasteiger partial charge in [0.05, 0.1) is 18.0 Å². The van der Waals surface area contributed by atoms with E-state index in [0.717, 1.165) is 24.3 Å². The van der Waals surface area contributed by atoms with Gasteiger partial charge in [-0.2, -0.15) is 5.10 Å². The minimum absolute atomic E-state index is 0.00327. The summed E-state index contributed by atoms with van der Waals surface area (Å²) in [6.07, 6.45) is 5.02. The van der Waals surface area contributed by atoms with Gasteiger partial charge in [0.15, 0.2) is 0 Å². The van der Waals surface area contributed by atoms with Gasteiger partial charge in [0.1, 0.15) is 0 Å². The standard InChI is InChI=1S/C19H24N4O2/c1-19(2)16(15-8-9-25-17(15)19)22-18(24)20-10-13-11-21-23(12-13)14-6-4-3-5-7-14/h3-7,11-12,15-17H,8-10H2,1-2H3,(H2,20,22,24)/t15-,16+,17+/m0/s1. The third kappa shape index (κ3) is 2.91. The zero-order valence-corrected chi connectivity index (χ0v) is 14.6. The molecule has 3 atom stereocenters. The lowest BCUT2D eigenvalue weighted by atomic mass is 9.57. The van der Waals surface area contributed by atoms with Crippen LogP contribution >= 0.6 is 0 Å². The van der Waals surface area contributed by atoms with E-state index in [-0.39, 0.29) is 23.6 Å². The SMILES string of the molecule is CC1(C)[C@H](NC(=O)NCc2cnn(-c3ccccc3)c2)[C@@H]2CCO[C@H]21. The van der Waals surface area contributed by atoms with Crippen molar-refractivity contribution in [3.05, 3.63) is 48.3 Å². The summed E-state index contributed by atoms with van der Waals surface area (Å²) in [5.41, 5.74) is 1.96. The second-order valence-electron chi connectivity index (χ2n) is 7.50. The number of para-hydroxylation sites is 1. The Balaban J connectivity index is 1.32. The monoisotopic (exact) mass is 340 g/mol. The lowest BCUT2D eigenvalue weighted by Crippen LogP contribution is -2.67. The molecule has 1 saturated heterocycles. The van der Waals surface area contributed by atoms with Crippen LogP contribution in [0.2, 0.25) is 0 Å². The topological polar surface area (TPSA) is 68.2 Å². The molecule has 6 heteroatoms. The van der Waals surface area contributed by atoms with E-state index in [1.807, 2.05) is 41.2 Å². The van der Waals surface area contributed by atoms with Crippen molar-refractivity contribution in [2.24, 2.45) is 11.3 Å². The van der Waals surface area contributed by atoms with Crippen LogP contribution in [0.25, 0.3) is 5.69 Å². The Morgan fingerprint density at radius 2 is 2.16 bits per heavy atom. The average Bonchev–Trinajstić information content (AvgIpc) is 3.27. The van der Waals surface area contributed by atoms with Crippen molar-refractivity contribution < 1.29 is 9.53 Å². The van der Waals surface area contributed by atoms with Crippen molar-refractivity contribution >= 4 is 6.03 Å². The number of nitrogens with zero attached hydrogens (tertiary/aromatic N) is 2. The molecule has 2 amide bonds. The molecule has 0 radical (unpaired) electrons. The first-order valence-electron chi connectivity index (χ1n) is 8.80. The molecule has 2 heterocycles. The Bertz CT molecular complexity index is 756. The molecule has 6 nitrogen and oxygen atoms in total. The minimum atomic E-state index is -0.129. The second-order valence-corrected chi connectivity index (χ2v) is 7.50. The number of amides is 2. The molecule has 0 bridgehead atoms. The molecule has 2 aliphatic rings.